The highest BCUT2D eigenvalue weighted by Gasteiger charge is 2.10. The van der Waals surface area contributed by atoms with Gasteiger partial charge in [-0.25, -0.2) is 4.79 Å². The fraction of sp³-hybridized carbons (Fsp3) is 0.417. The van der Waals surface area contributed by atoms with E-state index in [9.17, 15) is 4.79 Å². The summed E-state index contributed by atoms with van der Waals surface area (Å²) in [4.78, 5) is 11.2. The average Bonchev–Trinajstić information content (AvgIpc) is 2.18. The number of carbonyl (C=O) groups is 1. The van der Waals surface area contributed by atoms with Crippen LogP contribution in [0.5, 0.6) is 5.75 Å². The van der Waals surface area contributed by atoms with Crippen molar-refractivity contribution in [3.05, 3.63) is 29.8 Å². The molecule has 0 saturated heterocycles. The minimum absolute atomic E-state index is 0.407. The first kappa shape index (κ1) is 11.7. The zero-order valence-electron chi connectivity index (χ0n) is 9.36. The fourth-order valence-corrected chi connectivity index (χ4v) is 1.15. The number of carbonyl (C=O) groups excluding carboxylic acids is 1. The molecule has 0 amide bonds. The summed E-state index contributed by atoms with van der Waals surface area (Å²) < 4.78 is 5.10. The van der Waals surface area contributed by atoms with Crippen LogP contribution in [0.2, 0.25) is 0 Å². The van der Waals surface area contributed by atoms with Gasteiger partial charge in [-0.15, -0.1) is 0 Å². The molecule has 0 bridgehead atoms. The van der Waals surface area contributed by atoms with E-state index in [2.05, 4.69) is 13.8 Å². The lowest BCUT2D eigenvalue weighted by Crippen LogP contribution is -2.30. The second-order valence-corrected chi connectivity index (χ2v) is 3.94. The lowest BCUT2D eigenvalue weighted by molar-refractivity contribution is -0.135. The molecule has 82 valence electrons. The Morgan fingerprint density at radius 1 is 1.33 bits per heavy atom. The molecule has 0 aliphatic heterocycles. The Hall–Kier alpha value is -1.35. The van der Waals surface area contributed by atoms with Crippen molar-refractivity contribution >= 4 is 5.97 Å². The quantitative estimate of drug-likeness (QED) is 0.609. The Labute approximate surface area is 90.2 Å². The topological polar surface area (TPSA) is 52.3 Å². The van der Waals surface area contributed by atoms with Gasteiger partial charge in [-0.3, -0.25) is 0 Å². The minimum atomic E-state index is -0.590. The third-order valence-electron chi connectivity index (χ3n) is 2.11. The summed E-state index contributed by atoms with van der Waals surface area (Å²) >= 11 is 0. The molecule has 15 heavy (non-hydrogen) atoms. The molecular weight excluding hydrogens is 190 g/mol. The first-order valence-electron chi connectivity index (χ1n) is 5.08. The monoisotopic (exact) mass is 207 g/mol. The van der Waals surface area contributed by atoms with E-state index >= 15 is 0 Å². The van der Waals surface area contributed by atoms with E-state index in [0.717, 1.165) is 5.56 Å². The van der Waals surface area contributed by atoms with Crippen molar-refractivity contribution in [2.24, 2.45) is 5.73 Å². The summed E-state index contributed by atoms with van der Waals surface area (Å²) in [7, 11) is 0. The summed E-state index contributed by atoms with van der Waals surface area (Å²) in [5, 5.41) is 0. The number of nitrogens with two attached hydrogens (primary N) is 1. The lowest BCUT2D eigenvalue weighted by Gasteiger charge is -2.09. The predicted molar refractivity (Wildman–Crippen MR) is 59.8 cm³/mol. The van der Waals surface area contributed by atoms with Crippen molar-refractivity contribution in [1.82, 2.24) is 0 Å². The van der Waals surface area contributed by atoms with Gasteiger partial charge < -0.3 is 10.5 Å². The summed E-state index contributed by atoms with van der Waals surface area (Å²) in [6.07, 6.45) is 0. The first-order valence-corrected chi connectivity index (χ1v) is 5.08. The van der Waals surface area contributed by atoms with Crippen LogP contribution in [0.15, 0.2) is 24.3 Å². The zero-order valence-corrected chi connectivity index (χ0v) is 9.36. The van der Waals surface area contributed by atoms with Crippen LogP contribution in [-0.2, 0) is 4.79 Å². The summed E-state index contributed by atoms with van der Waals surface area (Å²) in [6, 6.07) is 6.91. The SMILES string of the molecule is CC(N)C(=O)Oc1cccc(C(C)C)c1. The summed E-state index contributed by atoms with van der Waals surface area (Å²) in [5.41, 5.74) is 6.55. The molecule has 0 radical (unpaired) electrons. The van der Waals surface area contributed by atoms with Crippen molar-refractivity contribution in [3.63, 3.8) is 0 Å². The van der Waals surface area contributed by atoms with Crippen molar-refractivity contribution in [1.29, 1.82) is 0 Å². The summed E-state index contributed by atoms with van der Waals surface area (Å²) in [6.45, 7) is 5.79. The van der Waals surface area contributed by atoms with Crippen molar-refractivity contribution in [2.45, 2.75) is 32.7 Å². The maximum absolute atomic E-state index is 11.2. The molecule has 0 fully saturated rings. The maximum atomic E-state index is 11.2. The molecule has 1 aromatic rings. The van der Waals surface area contributed by atoms with Crippen LogP contribution in [-0.4, -0.2) is 12.0 Å². The zero-order chi connectivity index (χ0) is 11.4. The molecule has 0 saturated carbocycles. The second-order valence-electron chi connectivity index (χ2n) is 3.94. The van der Waals surface area contributed by atoms with E-state index in [1.807, 2.05) is 18.2 Å². The predicted octanol–water partition coefficient (Wildman–Crippen LogP) is 2.06. The third kappa shape index (κ3) is 3.36. The van der Waals surface area contributed by atoms with Gasteiger partial charge in [-0.1, -0.05) is 26.0 Å². The number of esters is 1. The van der Waals surface area contributed by atoms with Crippen LogP contribution in [0, 0.1) is 0 Å². The van der Waals surface area contributed by atoms with Gasteiger partial charge in [0.1, 0.15) is 11.8 Å². The van der Waals surface area contributed by atoms with Gasteiger partial charge in [0.25, 0.3) is 0 Å². The molecule has 0 aliphatic carbocycles. The molecule has 3 nitrogen and oxygen atoms in total. The molecule has 3 heteroatoms. The molecule has 1 unspecified atom stereocenters. The van der Waals surface area contributed by atoms with Crippen LogP contribution < -0.4 is 10.5 Å². The number of hydrogen-bond acceptors (Lipinski definition) is 3. The van der Waals surface area contributed by atoms with E-state index in [-0.39, 0.29) is 0 Å². The van der Waals surface area contributed by atoms with Crippen molar-refractivity contribution in [3.8, 4) is 5.75 Å². The number of rotatable bonds is 3. The van der Waals surface area contributed by atoms with Crippen molar-refractivity contribution in [2.75, 3.05) is 0 Å². The van der Waals surface area contributed by atoms with Gasteiger partial charge in [0.05, 0.1) is 0 Å². The standard InChI is InChI=1S/C12H17NO2/c1-8(2)10-5-4-6-11(7-10)15-12(14)9(3)13/h4-9H,13H2,1-3H3. The van der Waals surface area contributed by atoms with Crippen molar-refractivity contribution < 1.29 is 9.53 Å². The molecule has 0 aliphatic rings. The molecule has 1 aromatic carbocycles. The van der Waals surface area contributed by atoms with E-state index in [0.29, 0.717) is 11.7 Å². The largest absolute Gasteiger partial charge is 0.425 e. The Morgan fingerprint density at radius 3 is 2.53 bits per heavy atom. The maximum Gasteiger partial charge on any atom is 0.328 e. The Bertz CT molecular complexity index is 345. The van der Waals surface area contributed by atoms with Crippen LogP contribution in [0.1, 0.15) is 32.3 Å². The van der Waals surface area contributed by atoms with E-state index in [1.54, 1.807) is 13.0 Å². The normalized spacial score (nSPS) is 12.6. The Kier molecular flexibility index (Phi) is 3.86. The van der Waals surface area contributed by atoms with Gasteiger partial charge in [0.15, 0.2) is 0 Å². The van der Waals surface area contributed by atoms with Gasteiger partial charge in [0.2, 0.25) is 0 Å². The fourth-order valence-electron chi connectivity index (χ4n) is 1.15. The highest BCUT2D eigenvalue weighted by molar-refractivity contribution is 5.77. The van der Waals surface area contributed by atoms with E-state index in [1.165, 1.54) is 0 Å². The second kappa shape index (κ2) is 4.94. The first-order chi connectivity index (χ1) is 7.00. The lowest BCUT2D eigenvalue weighted by atomic mass is 10.0. The van der Waals surface area contributed by atoms with Gasteiger partial charge in [-0.05, 0) is 30.5 Å². The molecule has 0 spiro atoms. The molecule has 0 aromatic heterocycles. The third-order valence-corrected chi connectivity index (χ3v) is 2.11. The molecule has 0 heterocycles. The Balaban J connectivity index is 2.78. The Morgan fingerprint density at radius 2 is 2.00 bits per heavy atom. The number of benzene rings is 1. The van der Waals surface area contributed by atoms with Crippen LogP contribution >= 0.6 is 0 Å². The van der Waals surface area contributed by atoms with Crippen LogP contribution in [0.3, 0.4) is 0 Å². The van der Waals surface area contributed by atoms with E-state index in [4.69, 9.17) is 10.5 Å². The number of hydrogen-bond donors (Lipinski definition) is 1. The van der Waals surface area contributed by atoms with Crippen LogP contribution in [0.4, 0.5) is 0 Å². The molecule has 1 rings (SSSR count). The minimum Gasteiger partial charge on any atom is -0.425 e. The van der Waals surface area contributed by atoms with Gasteiger partial charge >= 0.3 is 5.97 Å². The molecular formula is C12H17NO2. The molecule has 1 atom stereocenters. The average molecular weight is 207 g/mol. The highest BCUT2D eigenvalue weighted by Crippen LogP contribution is 2.20. The van der Waals surface area contributed by atoms with Gasteiger partial charge in [0, 0.05) is 0 Å². The summed E-state index contributed by atoms with van der Waals surface area (Å²) in [5.74, 6) is 0.568. The van der Waals surface area contributed by atoms with E-state index < -0.39 is 12.0 Å². The smallest absolute Gasteiger partial charge is 0.328 e. The highest BCUT2D eigenvalue weighted by atomic mass is 16.5. The van der Waals surface area contributed by atoms with Crippen LogP contribution in [0.25, 0.3) is 0 Å². The molecule has 2 N–H and O–H groups in total. The van der Waals surface area contributed by atoms with Gasteiger partial charge in [-0.2, -0.15) is 0 Å². The number of ether oxygens (including phenoxy) is 1.